The Hall–Kier alpha value is -4.29. The number of carbonyl (C=O) groups is 2. The number of nitrogens with one attached hydrogen (secondary N) is 4. The van der Waals surface area contributed by atoms with Gasteiger partial charge in [-0.15, -0.1) is 0 Å². The van der Waals surface area contributed by atoms with Gasteiger partial charge >= 0.3 is 0 Å². The molecule has 13 heteroatoms. The quantitative estimate of drug-likeness (QED) is 0.154. The van der Waals surface area contributed by atoms with E-state index in [0.717, 1.165) is 35.2 Å². The number of pyridine rings is 3. The molecule has 4 N–H and O–H groups in total. The molecule has 6 rings (SSSR count). The van der Waals surface area contributed by atoms with Gasteiger partial charge in [-0.2, -0.15) is 0 Å². The lowest BCUT2D eigenvalue weighted by Crippen LogP contribution is -2.35. The van der Waals surface area contributed by atoms with Crippen molar-refractivity contribution in [3.05, 3.63) is 76.2 Å². The maximum absolute atomic E-state index is 11.5. The lowest BCUT2D eigenvalue weighted by molar-refractivity contribution is -0.120. The van der Waals surface area contributed by atoms with Crippen LogP contribution in [-0.4, -0.2) is 66.2 Å². The van der Waals surface area contributed by atoms with Crippen molar-refractivity contribution in [2.24, 2.45) is 0 Å². The molecule has 11 nitrogen and oxygen atoms in total. The van der Waals surface area contributed by atoms with Crippen LogP contribution in [0.15, 0.2) is 54.9 Å². The van der Waals surface area contributed by atoms with E-state index in [0.29, 0.717) is 83.2 Å². The van der Waals surface area contributed by atoms with Crippen LogP contribution in [0.2, 0.25) is 10.0 Å². The fraction of sp³-hybridized carbons (Fsp3) is 0.343. The third-order valence-electron chi connectivity index (χ3n) is 8.57. The summed E-state index contributed by atoms with van der Waals surface area (Å²) >= 11 is 14.1. The van der Waals surface area contributed by atoms with Crippen LogP contribution >= 0.6 is 23.2 Å². The zero-order chi connectivity index (χ0) is 33.6. The Morgan fingerprint density at radius 2 is 1.52 bits per heavy atom. The summed E-state index contributed by atoms with van der Waals surface area (Å²) in [4.78, 5) is 37.0. The molecule has 4 aromatic rings. The predicted octanol–water partition coefficient (Wildman–Crippen LogP) is 4.93. The highest BCUT2D eigenvalue weighted by atomic mass is 35.5. The molecule has 3 aromatic heterocycles. The van der Waals surface area contributed by atoms with E-state index >= 15 is 0 Å². The third-order valence-corrected chi connectivity index (χ3v) is 9.36. The Morgan fingerprint density at radius 3 is 2.19 bits per heavy atom. The molecule has 0 aliphatic carbocycles. The minimum absolute atomic E-state index is 0.0880. The van der Waals surface area contributed by atoms with Crippen molar-refractivity contribution in [3.63, 3.8) is 0 Å². The number of nitrogens with zero attached hydrogens (tertiary/aromatic N) is 3. The molecule has 2 fully saturated rings. The molecule has 2 saturated heterocycles. The normalized spacial score (nSPS) is 17.3. The van der Waals surface area contributed by atoms with Crippen molar-refractivity contribution in [1.29, 1.82) is 0 Å². The van der Waals surface area contributed by atoms with Crippen LogP contribution in [0.5, 0.6) is 11.6 Å². The van der Waals surface area contributed by atoms with Gasteiger partial charge < -0.3 is 30.7 Å². The lowest BCUT2D eigenvalue weighted by Gasteiger charge is -2.16. The second-order valence-electron chi connectivity index (χ2n) is 11.8. The van der Waals surface area contributed by atoms with E-state index in [1.54, 1.807) is 26.6 Å². The number of rotatable bonds is 13. The van der Waals surface area contributed by atoms with Gasteiger partial charge in [-0.3, -0.25) is 19.6 Å². The first kappa shape index (κ1) is 33.6. The summed E-state index contributed by atoms with van der Waals surface area (Å²) in [7, 11) is 3.19. The third kappa shape index (κ3) is 7.55. The van der Waals surface area contributed by atoms with E-state index in [1.807, 2.05) is 42.5 Å². The van der Waals surface area contributed by atoms with Gasteiger partial charge in [0.1, 0.15) is 5.75 Å². The van der Waals surface area contributed by atoms with Crippen LogP contribution in [0.4, 0.5) is 0 Å². The number of halogens is 2. The summed E-state index contributed by atoms with van der Waals surface area (Å²) in [6, 6.07) is 13.6. The smallest absolute Gasteiger partial charge is 0.220 e. The number of carbonyl (C=O) groups excluding carboxylic acids is 2. The van der Waals surface area contributed by atoms with Crippen molar-refractivity contribution < 1.29 is 19.1 Å². The minimum Gasteiger partial charge on any atom is -0.495 e. The monoisotopic (exact) mass is 689 g/mol. The summed E-state index contributed by atoms with van der Waals surface area (Å²) in [5.74, 6) is 1.28. The van der Waals surface area contributed by atoms with Gasteiger partial charge in [0.2, 0.25) is 17.7 Å². The van der Waals surface area contributed by atoms with Gasteiger partial charge in [0.05, 0.1) is 41.3 Å². The van der Waals surface area contributed by atoms with Gasteiger partial charge in [0, 0.05) is 91.3 Å². The van der Waals surface area contributed by atoms with Gasteiger partial charge in [0.15, 0.2) is 0 Å². The topological polar surface area (TPSA) is 139 Å². The van der Waals surface area contributed by atoms with Crippen LogP contribution in [0.3, 0.4) is 0 Å². The van der Waals surface area contributed by atoms with Crippen LogP contribution in [0.1, 0.15) is 36.9 Å². The van der Waals surface area contributed by atoms with Gasteiger partial charge in [-0.05, 0) is 31.0 Å². The zero-order valence-corrected chi connectivity index (χ0v) is 28.3. The molecule has 2 aliphatic rings. The fourth-order valence-corrected chi connectivity index (χ4v) is 6.69. The zero-order valence-electron chi connectivity index (χ0n) is 26.7. The summed E-state index contributed by atoms with van der Waals surface area (Å²) in [6.07, 6.45) is 6.20. The fourth-order valence-electron chi connectivity index (χ4n) is 6.04. The number of benzene rings is 1. The van der Waals surface area contributed by atoms with E-state index in [9.17, 15) is 9.59 Å². The molecular formula is C35H37Cl2N7O4. The highest BCUT2D eigenvalue weighted by Gasteiger charge is 2.22. The number of aromatic nitrogens is 3. The number of ether oxygens (including phenoxy) is 2. The average molecular weight is 691 g/mol. The maximum atomic E-state index is 11.5. The predicted molar refractivity (Wildman–Crippen MR) is 185 cm³/mol. The number of hydrogen-bond acceptors (Lipinski definition) is 9. The van der Waals surface area contributed by atoms with Crippen LogP contribution in [0.25, 0.3) is 33.6 Å². The first-order valence-electron chi connectivity index (χ1n) is 15.9. The molecule has 0 saturated carbocycles. The summed E-state index contributed by atoms with van der Waals surface area (Å²) in [6.45, 7) is 2.35. The first-order chi connectivity index (χ1) is 23.3. The standard InChI is InChI=1S/C35H37Cl2N7O4/c1-47-29-14-21(16-41-28(29)19-39-18-23-8-11-31(46)43-23)34-33(37)25(12-13-40-34)24-4-3-5-26(32(24)36)27-9-6-20(35(44-27)48-2)15-38-17-22-7-10-30(45)42-22/h3-6,9,12-14,16,22-23,38-39H,7-8,10-11,15,17-19H2,1-2H3,(H,42,45)(H,43,46)/t22-,23+/m0/s1. The van der Waals surface area contributed by atoms with E-state index in [1.165, 1.54) is 0 Å². The van der Waals surface area contributed by atoms with Crippen molar-refractivity contribution >= 4 is 35.0 Å². The van der Waals surface area contributed by atoms with E-state index in [-0.39, 0.29) is 23.9 Å². The maximum Gasteiger partial charge on any atom is 0.220 e. The Labute approximate surface area is 289 Å². The molecule has 2 aliphatic heterocycles. The summed E-state index contributed by atoms with van der Waals surface area (Å²) in [5, 5.41) is 13.6. The molecule has 0 radical (unpaired) electrons. The molecule has 0 bridgehead atoms. The second-order valence-corrected chi connectivity index (χ2v) is 12.6. The van der Waals surface area contributed by atoms with Crippen LogP contribution in [-0.2, 0) is 22.7 Å². The molecule has 5 heterocycles. The summed E-state index contributed by atoms with van der Waals surface area (Å²) < 4.78 is 11.3. The van der Waals surface area contributed by atoms with Crippen molar-refractivity contribution in [3.8, 4) is 45.3 Å². The average Bonchev–Trinajstić information content (AvgIpc) is 3.72. The number of methoxy groups -OCH3 is 2. The summed E-state index contributed by atoms with van der Waals surface area (Å²) in [5.41, 5.74) is 5.70. The highest BCUT2D eigenvalue weighted by Crippen LogP contribution is 2.42. The Kier molecular flexibility index (Phi) is 10.7. The van der Waals surface area contributed by atoms with E-state index < -0.39 is 0 Å². The molecule has 0 unspecified atom stereocenters. The highest BCUT2D eigenvalue weighted by molar-refractivity contribution is 6.39. The second kappa shape index (κ2) is 15.3. The van der Waals surface area contributed by atoms with Gasteiger partial charge in [-0.1, -0.05) is 47.5 Å². The van der Waals surface area contributed by atoms with Crippen molar-refractivity contribution in [1.82, 2.24) is 36.2 Å². The molecule has 250 valence electrons. The molecule has 1 aromatic carbocycles. The molecule has 0 spiro atoms. The lowest BCUT2D eigenvalue weighted by atomic mass is 9.99. The molecule has 48 heavy (non-hydrogen) atoms. The van der Waals surface area contributed by atoms with E-state index in [2.05, 4.69) is 31.2 Å². The molecule has 2 atom stereocenters. The minimum atomic E-state index is 0.0880. The molecule has 2 amide bonds. The van der Waals surface area contributed by atoms with E-state index in [4.69, 9.17) is 37.7 Å². The first-order valence-corrected chi connectivity index (χ1v) is 16.6. The largest absolute Gasteiger partial charge is 0.495 e. The van der Waals surface area contributed by atoms with Crippen molar-refractivity contribution in [2.45, 2.75) is 50.9 Å². The number of hydrogen-bond donors (Lipinski definition) is 4. The van der Waals surface area contributed by atoms with Crippen LogP contribution in [0, 0.1) is 0 Å². The van der Waals surface area contributed by atoms with Crippen molar-refractivity contribution in [2.75, 3.05) is 27.3 Å². The SMILES string of the molecule is COc1cc(-c2nccc(-c3cccc(-c4ccc(CNC[C@@H]5CCC(=O)N5)c(OC)n4)c3Cl)c2Cl)cnc1CNC[C@H]1CCC(=O)N1. The Bertz CT molecular complexity index is 1690. The Balaban J connectivity index is 1.20. The Morgan fingerprint density at radius 1 is 0.833 bits per heavy atom. The molecular weight excluding hydrogens is 653 g/mol. The van der Waals surface area contributed by atoms with Crippen LogP contribution < -0.4 is 30.7 Å². The van der Waals surface area contributed by atoms with Gasteiger partial charge in [-0.25, -0.2) is 4.98 Å². The number of amides is 2. The van der Waals surface area contributed by atoms with Gasteiger partial charge in [0.25, 0.3) is 0 Å².